The van der Waals surface area contributed by atoms with Gasteiger partial charge in [0.25, 0.3) is 5.91 Å². The summed E-state index contributed by atoms with van der Waals surface area (Å²) in [7, 11) is 0. The quantitative estimate of drug-likeness (QED) is 0.854. The number of nitrogens with zero attached hydrogens (tertiary/aromatic N) is 1. The van der Waals surface area contributed by atoms with Crippen LogP contribution in [0.25, 0.3) is 11.0 Å². The maximum absolute atomic E-state index is 12.0. The van der Waals surface area contributed by atoms with Crippen LogP contribution in [0.3, 0.4) is 0 Å². The van der Waals surface area contributed by atoms with Crippen molar-refractivity contribution in [2.75, 3.05) is 6.54 Å². The zero-order chi connectivity index (χ0) is 13.3. The topological polar surface area (TPSA) is 57.8 Å². The second kappa shape index (κ2) is 4.44. The molecule has 0 atom stereocenters. The van der Waals surface area contributed by atoms with Crippen molar-refractivity contribution in [2.24, 2.45) is 5.41 Å². The Morgan fingerprint density at radius 3 is 2.78 bits per heavy atom. The Hall–Kier alpha value is -1.84. The molecule has 0 bridgehead atoms. The van der Waals surface area contributed by atoms with E-state index >= 15 is 0 Å². The van der Waals surface area contributed by atoms with Crippen LogP contribution >= 0.6 is 0 Å². The zero-order valence-electron chi connectivity index (χ0n) is 11.3. The molecule has 0 saturated carbocycles. The van der Waals surface area contributed by atoms with Gasteiger partial charge in [-0.05, 0) is 30.5 Å². The number of amides is 1. The van der Waals surface area contributed by atoms with Gasteiger partial charge in [-0.25, -0.2) is 4.98 Å². The molecule has 2 N–H and O–H groups in total. The van der Waals surface area contributed by atoms with E-state index in [0.717, 1.165) is 16.9 Å². The molecule has 1 amide bonds. The van der Waals surface area contributed by atoms with Gasteiger partial charge in [0.05, 0.1) is 11.0 Å². The molecule has 4 nitrogen and oxygen atoms in total. The van der Waals surface area contributed by atoms with Gasteiger partial charge in [0, 0.05) is 12.1 Å². The van der Waals surface area contributed by atoms with E-state index in [1.807, 2.05) is 19.1 Å². The number of nitrogens with one attached hydrogen (secondary N) is 2. The molecule has 0 radical (unpaired) electrons. The van der Waals surface area contributed by atoms with Crippen LogP contribution in [0, 0.1) is 12.3 Å². The summed E-state index contributed by atoms with van der Waals surface area (Å²) in [6.07, 6.45) is 0. The maximum Gasteiger partial charge on any atom is 0.251 e. The lowest BCUT2D eigenvalue weighted by molar-refractivity contribution is 0.0939. The molecule has 0 aliphatic rings. The first kappa shape index (κ1) is 12.6. The van der Waals surface area contributed by atoms with Crippen molar-refractivity contribution in [3.8, 4) is 0 Å². The molecule has 18 heavy (non-hydrogen) atoms. The first-order valence-corrected chi connectivity index (χ1v) is 6.10. The van der Waals surface area contributed by atoms with Gasteiger partial charge in [-0.1, -0.05) is 20.8 Å². The minimum absolute atomic E-state index is 0.0425. The van der Waals surface area contributed by atoms with E-state index in [2.05, 4.69) is 36.1 Å². The average Bonchev–Trinajstić information content (AvgIpc) is 2.63. The summed E-state index contributed by atoms with van der Waals surface area (Å²) in [5, 5.41) is 2.94. The number of hydrogen-bond acceptors (Lipinski definition) is 2. The molecule has 0 aliphatic carbocycles. The van der Waals surface area contributed by atoms with E-state index in [4.69, 9.17) is 0 Å². The van der Waals surface area contributed by atoms with E-state index in [9.17, 15) is 4.79 Å². The van der Waals surface area contributed by atoms with E-state index in [-0.39, 0.29) is 11.3 Å². The molecule has 0 unspecified atom stereocenters. The number of hydrogen-bond donors (Lipinski definition) is 2. The fraction of sp³-hybridized carbons (Fsp3) is 0.429. The standard InChI is InChI=1S/C14H19N3O/c1-9-16-11-6-5-10(7-12(11)17-9)13(18)15-8-14(2,3)4/h5-7H,8H2,1-4H3,(H,15,18)(H,16,17). The molecule has 1 heterocycles. The fourth-order valence-corrected chi connectivity index (χ4v) is 1.73. The molecule has 1 aromatic heterocycles. The summed E-state index contributed by atoms with van der Waals surface area (Å²) in [4.78, 5) is 19.4. The Labute approximate surface area is 107 Å². The molecule has 2 rings (SSSR count). The number of fused-ring (bicyclic) bond motifs is 1. The third-order valence-electron chi connectivity index (χ3n) is 2.64. The molecule has 0 aliphatic heterocycles. The van der Waals surface area contributed by atoms with E-state index < -0.39 is 0 Å². The summed E-state index contributed by atoms with van der Waals surface area (Å²) in [6, 6.07) is 5.51. The number of carbonyl (C=O) groups is 1. The Bertz CT molecular complexity index is 578. The number of aromatic nitrogens is 2. The van der Waals surface area contributed by atoms with E-state index in [1.165, 1.54) is 0 Å². The maximum atomic E-state index is 12.0. The normalized spacial score (nSPS) is 11.8. The van der Waals surface area contributed by atoms with Crippen molar-refractivity contribution in [1.29, 1.82) is 0 Å². The fourth-order valence-electron chi connectivity index (χ4n) is 1.73. The summed E-state index contributed by atoms with van der Waals surface area (Å²) in [5.41, 5.74) is 2.54. The van der Waals surface area contributed by atoms with Gasteiger partial charge in [-0.2, -0.15) is 0 Å². The van der Waals surface area contributed by atoms with Gasteiger partial charge in [0.15, 0.2) is 0 Å². The van der Waals surface area contributed by atoms with Gasteiger partial charge in [0.1, 0.15) is 5.82 Å². The lowest BCUT2D eigenvalue weighted by Crippen LogP contribution is -2.32. The van der Waals surface area contributed by atoms with Crippen LogP contribution < -0.4 is 5.32 Å². The van der Waals surface area contributed by atoms with Crippen LogP contribution in [0.4, 0.5) is 0 Å². The first-order chi connectivity index (χ1) is 8.35. The highest BCUT2D eigenvalue weighted by atomic mass is 16.1. The second-order valence-corrected chi connectivity index (χ2v) is 5.80. The van der Waals surface area contributed by atoms with Gasteiger partial charge < -0.3 is 10.3 Å². The minimum atomic E-state index is -0.0425. The summed E-state index contributed by atoms with van der Waals surface area (Å²) < 4.78 is 0. The number of H-pyrrole nitrogens is 1. The highest BCUT2D eigenvalue weighted by molar-refractivity contribution is 5.97. The van der Waals surface area contributed by atoms with Crippen molar-refractivity contribution in [3.63, 3.8) is 0 Å². The lowest BCUT2D eigenvalue weighted by Gasteiger charge is -2.18. The summed E-state index contributed by atoms with van der Waals surface area (Å²) in [5.74, 6) is 0.816. The number of aromatic amines is 1. The summed E-state index contributed by atoms with van der Waals surface area (Å²) >= 11 is 0. The van der Waals surface area contributed by atoms with E-state index in [0.29, 0.717) is 12.1 Å². The third kappa shape index (κ3) is 2.88. The lowest BCUT2D eigenvalue weighted by atomic mass is 9.97. The van der Waals surface area contributed by atoms with Crippen molar-refractivity contribution < 1.29 is 4.79 Å². The number of imidazole rings is 1. The first-order valence-electron chi connectivity index (χ1n) is 6.10. The van der Waals surface area contributed by atoms with Crippen molar-refractivity contribution in [2.45, 2.75) is 27.7 Å². The highest BCUT2D eigenvalue weighted by Crippen LogP contribution is 2.14. The average molecular weight is 245 g/mol. The van der Waals surface area contributed by atoms with Crippen LogP contribution in [0.1, 0.15) is 37.0 Å². The van der Waals surface area contributed by atoms with Crippen LogP contribution in [-0.2, 0) is 0 Å². The monoisotopic (exact) mass is 245 g/mol. The second-order valence-electron chi connectivity index (χ2n) is 5.80. The largest absolute Gasteiger partial charge is 0.352 e. The Morgan fingerprint density at radius 1 is 1.39 bits per heavy atom. The number of carbonyl (C=O) groups excluding carboxylic acids is 1. The van der Waals surface area contributed by atoms with Crippen LogP contribution in [-0.4, -0.2) is 22.4 Å². The number of aryl methyl sites for hydroxylation is 1. The zero-order valence-corrected chi connectivity index (χ0v) is 11.3. The molecular formula is C14H19N3O. The Morgan fingerprint density at radius 2 is 2.11 bits per heavy atom. The molecule has 96 valence electrons. The molecular weight excluding hydrogens is 226 g/mol. The SMILES string of the molecule is Cc1nc2ccc(C(=O)NCC(C)(C)C)cc2[nH]1. The molecule has 0 spiro atoms. The molecule has 1 aromatic carbocycles. The highest BCUT2D eigenvalue weighted by Gasteiger charge is 2.13. The van der Waals surface area contributed by atoms with Gasteiger partial charge in [-0.3, -0.25) is 4.79 Å². The Balaban J connectivity index is 2.17. The van der Waals surface area contributed by atoms with Crippen molar-refractivity contribution in [3.05, 3.63) is 29.6 Å². The van der Waals surface area contributed by atoms with Crippen molar-refractivity contribution >= 4 is 16.9 Å². The molecule has 2 aromatic rings. The van der Waals surface area contributed by atoms with Gasteiger partial charge in [-0.15, -0.1) is 0 Å². The number of rotatable bonds is 2. The Kier molecular flexibility index (Phi) is 3.11. The van der Waals surface area contributed by atoms with Crippen LogP contribution in [0.15, 0.2) is 18.2 Å². The minimum Gasteiger partial charge on any atom is -0.352 e. The predicted octanol–water partition coefficient (Wildman–Crippen LogP) is 2.65. The molecule has 0 fully saturated rings. The van der Waals surface area contributed by atoms with Crippen molar-refractivity contribution in [1.82, 2.24) is 15.3 Å². The van der Waals surface area contributed by atoms with Gasteiger partial charge >= 0.3 is 0 Å². The van der Waals surface area contributed by atoms with Crippen LogP contribution in [0.2, 0.25) is 0 Å². The summed E-state index contributed by atoms with van der Waals surface area (Å²) in [6.45, 7) is 8.84. The smallest absolute Gasteiger partial charge is 0.251 e. The molecule has 4 heteroatoms. The van der Waals surface area contributed by atoms with Crippen LogP contribution in [0.5, 0.6) is 0 Å². The van der Waals surface area contributed by atoms with Gasteiger partial charge in [0.2, 0.25) is 0 Å². The third-order valence-corrected chi connectivity index (χ3v) is 2.64. The number of benzene rings is 1. The molecule has 0 saturated heterocycles. The van der Waals surface area contributed by atoms with E-state index in [1.54, 1.807) is 6.07 Å². The predicted molar refractivity (Wildman–Crippen MR) is 72.6 cm³/mol.